The third-order valence-electron chi connectivity index (χ3n) is 4.03. The van der Waals surface area contributed by atoms with Crippen LogP contribution in [0, 0.1) is 5.92 Å². The molecule has 0 radical (unpaired) electrons. The summed E-state index contributed by atoms with van der Waals surface area (Å²) in [6.45, 7) is 2.03. The summed E-state index contributed by atoms with van der Waals surface area (Å²) in [7, 11) is -3.12. The number of pyridine rings is 1. The number of rotatable bonds is 4. The maximum Gasteiger partial charge on any atom is 0.213 e. The van der Waals surface area contributed by atoms with E-state index >= 15 is 0 Å². The zero-order chi connectivity index (χ0) is 14.2. The summed E-state index contributed by atoms with van der Waals surface area (Å²) in [6, 6.07) is 5.52. The number of hydrogen-bond donors (Lipinski definition) is 0. The summed E-state index contributed by atoms with van der Waals surface area (Å²) in [4.78, 5) is 4.12. The topological polar surface area (TPSA) is 68.7 Å². The van der Waals surface area contributed by atoms with Crippen molar-refractivity contribution in [1.29, 1.82) is 0 Å². The van der Waals surface area contributed by atoms with Crippen LogP contribution in [0.15, 0.2) is 24.4 Å². The van der Waals surface area contributed by atoms with Gasteiger partial charge in [-0.1, -0.05) is 6.07 Å². The Morgan fingerprint density at radius 3 is 2.95 bits per heavy atom. The van der Waals surface area contributed by atoms with Gasteiger partial charge in [0.25, 0.3) is 0 Å². The van der Waals surface area contributed by atoms with E-state index in [1.165, 1.54) is 10.6 Å². The van der Waals surface area contributed by atoms with Gasteiger partial charge in [0.2, 0.25) is 15.9 Å². The minimum absolute atomic E-state index is 0.211. The predicted molar refractivity (Wildman–Crippen MR) is 72.9 cm³/mol. The largest absolute Gasteiger partial charge is 0.477 e. The zero-order valence-electron chi connectivity index (χ0n) is 11.4. The number of nitrogens with zero attached hydrogens (tertiary/aromatic N) is 2. The summed E-state index contributed by atoms with van der Waals surface area (Å²) in [6.07, 6.45) is 3.81. The standard InChI is InChI=1S/C13H18N2O4S/c1-20(16,17)15-9-13(10-15)11(5-7-19-13)8-18-12-4-2-3-6-14-12/h2-4,6,11H,5,7-10H2,1H3/t11-/m1/s1. The van der Waals surface area contributed by atoms with E-state index in [-0.39, 0.29) is 11.5 Å². The van der Waals surface area contributed by atoms with E-state index in [0.29, 0.717) is 32.2 Å². The lowest BCUT2D eigenvalue weighted by Gasteiger charge is -2.48. The van der Waals surface area contributed by atoms with Crippen molar-refractivity contribution in [3.05, 3.63) is 24.4 Å². The maximum absolute atomic E-state index is 11.5. The van der Waals surface area contributed by atoms with Gasteiger partial charge in [-0.3, -0.25) is 0 Å². The second kappa shape index (κ2) is 4.98. The molecule has 0 saturated carbocycles. The molecule has 3 heterocycles. The summed E-state index contributed by atoms with van der Waals surface area (Å²) in [5.41, 5.74) is -0.363. The molecule has 0 bridgehead atoms. The molecule has 6 nitrogen and oxygen atoms in total. The molecule has 0 aliphatic carbocycles. The number of aromatic nitrogens is 1. The molecule has 110 valence electrons. The van der Waals surface area contributed by atoms with E-state index in [0.717, 1.165) is 6.42 Å². The Kier molecular flexibility index (Phi) is 3.43. The molecule has 7 heteroatoms. The fourth-order valence-corrected chi connectivity index (χ4v) is 3.68. The lowest BCUT2D eigenvalue weighted by Crippen LogP contribution is -2.66. The summed E-state index contributed by atoms with van der Waals surface area (Å²) in [5, 5.41) is 0. The minimum atomic E-state index is -3.12. The lowest BCUT2D eigenvalue weighted by molar-refractivity contribution is -0.107. The molecule has 0 aromatic carbocycles. The highest BCUT2D eigenvalue weighted by Crippen LogP contribution is 2.41. The molecule has 2 fully saturated rings. The SMILES string of the molecule is CS(=O)(=O)N1CC2(C1)OCC[C@@H]2COc1ccccn1. The molecule has 3 rings (SSSR count). The Morgan fingerprint density at radius 1 is 1.50 bits per heavy atom. The third-order valence-corrected chi connectivity index (χ3v) is 5.22. The van der Waals surface area contributed by atoms with Crippen LogP contribution >= 0.6 is 0 Å². The van der Waals surface area contributed by atoms with Crippen molar-refractivity contribution in [2.45, 2.75) is 12.0 Å². The van der Waals surface area contributed by atoms with Gasteiger partial charge in [0, 0.05) is 37.9 Å². The highest BCUT2D eigenvalue weighted by Gasteiger charge is 2.55. The molecule has 1 atom stereocenters. The summed E-state index contributed by atoms with van der Waals surface area (Å²) in [5.74, 6) is 0.802. The first-order valence-electron chi connectivity index (χ1n) is 6.62. The van der Waals surface area contributed by atoms with Crippen molar-refractivity contribution in [1.82, 2.24) is 9.29 Å². The van der Waals surface area contributed by atoms with Gasteiger partial charge in [-0.15, -0.1) is 0 Å². The van der Waals surface area contributed by atoms with Crippen LogP contribution in [0.2, 0.25) is 0 Å². The van der Waals surface area contributed by atoms with Crippen molar-refractivity contribution in [2.24, 2.45) is 5.92 Å². The second-order valence-corrected chi connectivity index (χ2v) is 7.39. The van der Waals surface area contributed by atoms with Gasteiger partial charge in [0.05, 0.1) is 12.9 Å². The van der Waals surface area contributed by atoms with Crippen LogP contribution in [-0.4, -0.2) is 55.9 Å². The fourth-order valence-electron chi connectivity index (χ4n) is 2.77. The highest BCUT2D eigenvalue weighted by molar-refractivity contribution is 7.88. The van der Waals surface area contributed by atoms with Crippen molar-refractivity contribution in [3.8, 4) is 5.88 Å². The van der Waals surface area contributed by atoms with Crippen molar-refractivity contribution in [3.63, 3.8) is 0 Å². The monoisotopic (exact) mass is 298 g/mol. The second-order valence-electron chi connectivity index (χ2n) is 5.41. The van der Waals surface area contributed by atoms with Crippen molar-refractivity contribution >= 4 is 10.0 Å². The molecule has 1 aromatic rings. The maximum atomic E-state index is 11.5. The van der Waals surface area contributed by atoms with Crippen LogP contribution in [0.4, 0.5) is 0 Å². The van der Waals surface area contributed by atoms with E-state index in [1.54, 1.807) is 6.20 Å². The van der Waals surface area contributed by atoms with Gasteiger partial charge >= 0.3 is 0 Å². The molecule has 2 aliphatic heterocycles. The smallest absolute Gasteiger partial charge is 0.213 e. The zero-order valence-corrected chi connectivity index (χ0v) is 12.2. The van der Waals surface area contributed by atoms with Crippen LogP contribution < -0.4 is 4.74 Å². The van der Waals surface area contributed by atoms with Gasteiger partial charge in [-0.25, -0.2) is 13.4 Å². The molecule has 20 heavy (non-hydrogen) atoms. The first kappa shape index (κ1) is 13.8. The third kappa shape index (κ3) is 2.53. The first-order chi connectivity index (χ1) is 9.50. The average Bonchev–Trinajstić information content (AvgIpc) is 2.78. The molecule has 2 aliphatic rings. The quantitative estimate of drug-likeness (QED) is 0.810. The fraction of sp³-hybridized carbons (Fsp3) is 0.615. The molecule has 1 spiro atoms. The Morgan fingerprint density at radius 2 is 2.30 bits per heavy atom. The van der Waals surface area contributed by atoms with E-state index in [4.69, 9.17) is 9.47 Å². The molecular formula is C13H18N2O4S. The summed E-state index contributed by atoms with van der Waals surface area (Å²) < 4.78 is 35.9. The Hall–Kier alpha value is -1.18. The van der Waals surface area contributed by atoms with Gasteiger partial charge < -0.3 is 9.47 Å². The van der Waals surface area contributed by atoms with Gasteiger partial charge in [-0.05, 0) is 12.5 Å². The molecule has 2 saturated heterocycles. The highest BCUT2D eigenvalue weighted by atomic mass is 32.2. The van der Waals surface area contributed by atoms with Crippen LogP contribution in [0.5, 0.6) is 5.88 Å². The molecular weight excluding hydrogens is 280 g/mol. The van der Waals surface area contributed by atoms with Gasteiger partial charge in [0.1, 0.15) is 5.60 Å². The lowest BCUT2D eigenvalue weighted by atomic mass is 9.83. The van der Waals surface area contributed by atoms with E-state index in [2.05, 4.69) is 4.98 Å². The van der Waals surface area contributed by atoms with Gasteiger partial charge in [0.15, 0.2) is 0 Å². The predicted octanol–water partition coefficient (Wildman–Crippen LogP) is 0.511. The van der Waals surface area contributed by atoms with E-state index in [1.807, 2.05) is 18.2 Å². The Labute approximate surface area is 118 Å². The van der Waals surface area contributed by atoms with E-state index < -0.39 is 10.0 Å². The van der Waals surface area contributed by atoms with Crippen molar-refractivity contribution in [2.75, 3.05) is 32.6 Å². The number of sulfonamides is 1. The molecule has 0 amide bonds. The Bertz CT molecular complexity index is 569. The normalized spacial score (nSPS) is 25.6. The van der Waals surface area contributed by atoms with Gasteiger partial charge in [-0.2, -0.15) is 4.31 Å². The molecule has 0 unspecified atom stereocenters. The summed E-state index contributed by atoms with van der Waals surface area (Å²) >= 11 is 0. The van der Waals surface area contributed by atoms with Crippen LogP contribution in [0.1, 0.15) is 6.42 Å². The minimum Gasteiger partial charge on any atom is -0.477 e. The number of ether oxygens (including phenoxy) is 2. The molecule has 1 aromatic heterocycles. The molecule has 0 N–H and O–H groups in total. The van der Waals surface area contributed by atoms with E-state index in [9.17, 15) is 8.42 Å². The van der Waals surface area contributed by atoms with Crippen LogP contribution in [-0.2, 0) is 14.8 Å². The Balaban J connectivity index is 1.60. The van der Waals surface area contributed by atoms with Crippen LogP contribution in [0.25, 0.3) is 0 Å². The van der Waals surface area contributed by atoms with Crippen LogP contribution in [0.3, 0.4) is 0 Å². The van der Waals surface area contributed by atoms with Crippen molar-refractivity contribution < 1.29 is 17.9 Å². The average molecular weight is 298 g/mol. The first-order valence-corrected chi connectivity index (χ1v) is 8.47. The number of hydrogen-bond acceptors (Lipinski definition) is 5.